The number of amides is 3. The topological polar surface area (TPSA) is 81.8 Å². The van der Waals surface area contributed by atoms with Gasteiger partial charge in [0.1, 0.15) is 6.04 Å². The van der Waals surface area contributed by atoms with E-state index in [0.29, 0.717) is 32.7 Å². The third-order valence-corrected chi connectivity index (χ3v) is 3.62. The highest BCUT2D eigenvalue weighted by Gasteiger charge is 2.30. The number of hydrogen-bond donors (Lipinski definition) is 2. The summed E-state index contributed by atoms with van der Waals surface area (Å²) in [6.45, 7) is 8.12. The van der Waals surface area contributed by atoms with Crippen LogP contribution in [-0.2, 0) is 14.4 Å². The molecule has 0 aromatic rings. The first-order valence-corrected chi connectivity index (χ1v) is 7.34. The van der Waals surface area contributed by atoms with Crippen molar-refractivity contribution in [3.8, 4) is 0 Å². The second-order valence-corrected chi connectivity index (χ2v) is 5.70. The first kappa shape index (κ1) is 17.4. The maximum Gasteiger partial charge on any atom is 0.245 e. The molecule has 21 heavy (non-hydrogen) atoms. The van der Waals surface area contributed by atoms with Crippen molar-refractivity contribution in [2.24, 2.45) is 5.92 Å². The summed E-state index contributed by atoms with van der Waals surface area (Å²) in [6, 6.07) is -0.479. The van der Waals surface area contributed by atoms with Crippen molar-refractivity contribution in [3.05, 3.63) is 0 Å². The predicted molar refractivity (Wildman–Crippen MR) is 79.5 cm³/mol. The maximum absolute atomic E-state index is 12.5. The molecule has 7 nitrogen and oxygen atoms in total. The molecular weight excluding hydrogens is 272 g/mol. The number of hydrogen-bond acceptors (Lipinski definition) is 4. The van der Waals surface area contributed by atoms with E-state index in [1.165, 1.54) is 6.92 Å². The Balaban J connectivity index is 2.53. The average Bonchev–Trinajstić information content (AvgIpc) is 2.44. The first-order chi connectivity index (χ1) is 9.85. The van der Waals surface area contributed by atoms with E-state index >= 15 is 0 Å². The Morgan fingerprint density at radius 2 is 1.67 bits per heavy atom. The van der Waals surface area contributed by atoms with Gasteiger partial charge in [-0.05, 0) is 5.92 Å². The van der Waals surface area contributed by atoms with E-state index in [-0.39, 0.29) is 23.6 Å². The lowest BCUT2D eigenvalue weighted by Gasteiger charge is -2.36. The van der Waals surface area contributed by atoms with Crippen molar-refractivity contribution in [2.75, 3.05) is 39.8 Å². The van der Waals surface area contributed by atoms with Gasteiger partial charge < -0.3 is 15.5 Å². The van der Waals surface area contributed by atoms with Gasteiger partial charge in [-0.3, -0.25) is 19.3 Å². The molecule has 0 aromatic carbocycles. The summed E-state index contributed by atoms with van der Waals surface area (Å²) < 4.78 is 0. The third-order valence-electron chi connectivity index (χ3n) is 3.62. The minimum atomic E-state index is -0.479. The Bertz CT molecular complexity index is 390. The Kier molecular flexibility index (Phi) is 6.61. The molecule has 0 radical (unpaired) electrons. The van der Waals surface area contributed by atoms with E-state index in [1.54, 1.807) is 11.9 Å². The van der Waals surface area contributed by atoms with Crippen LogP contribution in [0.3, 0.4) is 0 Å². The normalized spacial score (nSPS) is 17.5. The zero-order valence-electron chi connectivity index (χ0n) is 13.3. The number of rotatable bonds is 5. The summed E-state index contributed by atoms with van der Waals surface area (Å²) in [5.41, 5.74) is 0. The molecule has 1 fully saturated rings. The van der Waals surface area contributed by atoms with Crippen LogP contribution in [0.4, 0.5) is 0 Å². The van der Waals surface area contributed by atoms with Gasteiger partial charge in [-0.2, -0.15) is 0 Å². The van der Waals surface area contributed by atoms with E-state index < -0.39 is 6.04 Å². The molecule has 1 saturated heterocycles. The van der Waals surface area contributed by atoms with Crippen LogP contribution in [-0.4, -0.2) is 73.3 Å². The van der Waals surface area contributed by atoms with Crippen LogP contribution >= 0.6 is 0 Å². The molecule has 120 valence electrons. The van der Waals surface area contributed by atoms with Gasteiger partial charge in [0.15, 0.2) is 0 Å². The van der Waals surface area contributed by atoms with Crippen LogP contribution in [0.1, 0.15) is 20.8 Å². The number of nitrogens with zero attached hydrogens (tertiary/aromatic N) is 2. The number of piperazine rings is 1. The molecule has 1 atom stereocenters. The number of carbonyl (C=O) groups is 3. The Morgan fingerprint density at radius 3 is 2.10 bits per heavy atom. The number of likely N-dealkylation sites (N-methyl/N-ethyl adjacent to an activating group) is 1. The molecule has 2 N–H and O–H groups in total. The summed E-state index contributed by atoms with van der Waals surface area (Å²) in [4.78, 5) is 38.8. The SMILES string of the molecule is CNC(=O)CN1CCN(C(=O)C(NC(C)=O)C(C)C)CC1. The smallest absolute Gasteiger partial charge is 0.245 e. The number of carbonyl (C=O) groups excluding carboxylic acids is 3. The minimum absolute atomic E-state index is 0.0203. The Hall–Kier alpha value is -1.63. The van der Waals surface area contributed by atoms with Crippen molar-refractivity contribution >= 4 is 17.7 Å². The van der Waals surface area contributed by atoms with Gasteiger partial charge in [-0.25, -0.2) is 0 Å². The molecule has 3 amide bonds. The summed E-state index contributed by atoms with van der Waals surface area (Å²) in [5, 5.41) is 5.31. The maximum atomic E-state index is 12.5. The molecule has 1 unspecified atom stereocenters. The largest absolute Gasteiger partial charge is 0.358 e. The van der Waals surface area contributed by atoms with Crippen molar-refractivity contribution in [3.63, 3.8) is 0 Å². The second kappa shape index (κ2) is 7.97. The molecule has 1 aliphatic rings. The van der Waals surface area contributed by atoms with Crippen molar-refractivity contribution in [1.29, 1.82) is 0 Å². The average molecular weight is 298 g/mol. The fourth-order valence-electron chi connectivity index (χ4n) is 2.34. The van der Waals surface area contributed by atoms with E-state index in [1.807, 2.05) is 18.7 Å². The van der Waals surface area contributed by atoms with Gasteiger partial charge in [0, 0.05) is 40.2 Å². The lowest BCUT2D eigenvalue weighted by molar-refractivity contribution is -0.139. The molecule has 1 heterocycles. The highest BCUT2D eigenvalue weighted by atomic mass is 16.2. The molecule has 1 rings (SSSR count). The molecule has 1 aliphatic heterocycles. The molecule has 0 spiro atoms. The van der Waals surface area contributed by atoms with Gasteiger partial charge in [0.05, 0.1) is 6.54 Å². The van der Waals surface area contributed by atoms with E-state index in [0.717, 1.165) is 0 Å². The lowest BCUT2D eigenvalue weighted by atomic mass is 10.0. The summed E-state index contributed by atoms with van der Waals surface area (Å²) >= 11 is 0. The first-order valence-electron chi connectivity index (χ1n) is 7.34. The second-order valence-electron chi connectivity index (χ2n) is 5.70. The monoisotopic (exact) mass is 298 g/mol. The van der Waals surface area contributed by atoms with E-state index in [4.69, 9.17) is 0 Å². The highest BCUT2D eigenvalue weighted by Crippen LogP contribution is 2.09. The van der Waals surface area contributed by atoms with Crippen LogP contribution in [0.2, 0.25) is 0 Å². The van der Waals surface area contributed by atoms with Crippen LogP contribution in [0.25, 0.3) is 0 Å². The zero-order chi connectivity index (χ0) is 16.0. The molecule has 0 aromatic heterocycles. The molecule has 0 aliphatic carbocycles. The summed E-state index contributed by atoms with van der Waals surface area (Å²) in [7, 11) is 1.61. The lowest BCUT2D eigenvalue weighted by Crippen LogP contribution is -2.56. The van der Waals surface area contributed by atoms with Crippen LogP contribution in [0.15, 0.2) is 0 Å². The molecule has 7 heteroatoms. The zero-order valence-corrected chi connectivity index (χ0v) is 13.3. The van der Waals surface area contributed by atoms with Crippen molar-refractivity contribution in [1.82, 2.24) is 20.4 Å². The van der Waals surface area contributed by atoms with Gasteiger partial charge in [0.2, 0.25) is 17.7 Å². The predicted octanol–water partition coefficient (Wildman–Crippen LogP) is -0.963. The van der Waals surface area contributed by atoms with E-state index in [2.05, 4.69) is 10.6 Å². The summed E-state index contributed by atoms with van der Waals surface area (Å²) in [5.74, 6) is -0.210. The number of nitrogens with one attached hydrogen (secondary N) is 2. The summed E-state index contributed by atoms with van der Waals surface area (Å²) in [6.07, 6.45) is 0. The van der Waals surface area contributed by atoms with Crippen molar-refractivity contribution in [2.45, 2.75) is 26.8 Å². The molecule has 0 saturated carbocycles. The van der Waals surface area contributed by atoms with Gasteiger partial charge in [-0.1, -0.05) is 13.8 Å². The fourth-order valence-corrected chi connectivity index (χ4v) is 2.34. The Labute approximate surface area is 126 Å². The minimum Gasteiger partial charge on any atom is -0.358 e. The van der Waals surface area contributed by atoms with Crippen molar-refractivity contribution < 1.29 is 14.4 Å². The fraction of sp³-hybridized carbons (Fsp3) is 0.786. The van der Waals surface area contributed by atoms with Crippen LogP contribution < -0.4 is 10.6 Å². The molecular formula is C14H26N4O3. The quantitative estimate of drug-likeness (QED) is 0.685. The van der Waals surface area contributed by atoms with Crippen LogP contribution in [0, 0.1) is 5.92 Å². The van der Waals surface area contributed by atoms with Gasteiger partial charge in [0.25, 0.3) is 0 Å². The third kappa shape index (κ3) is 5.34. The highest BCUT2D eigenvalue weighted by molar-refractivity contribution is 5.87. The standard InChI is InChI=1S/C14H26N4O3/c1-10(2)13(16-11(3)19)14(21)18-7-5-17(6-8-18)9-12(20)15-4/h10,13H,5-9H2,1-4H3,(H,15,20)(H,16,19). The van der Waals surface area contributed by atoms with E-state index in [9.17, 15) is 14.4 Å². The Morgan fingerprint density at radius 1 is 1.10 bits per heavy atom. The van der Waals surface area contributed by atoms with Gasteiger partial charge >= 0.3 is 0 Å². The van der Waals surface area contributed by atoms with Gasteiger partial charge in [-0.15, -0.1) is 0 Å². The molecule has 0 bridgehead atoms. The van der Waals surface area contributed by atoms with Crippen LogP contribution in [0.5, 0.6) is 0 Å².